The zero-order valence-corrected chi connectivity index (χ0v) is 25.5. The number of rotatable bonds is 4. The summed E-state index contributed by atoms with van der Waals surface area (Å²) in [7, 11) is 0. The SMILES string of the molecule is C.C1=Cc2nc1c(-c1ccccn1)c1ccc([nH]1)c(-c1ccccn1)c1nc(c(-c3ccccn3)c3ccc([nH]3)c2-c2ccccn2)C=C1. The monoisotopic (exact) mass is 634 g/mol. The molecule has 2 aliphatic rings. The summed E-state index contributed by atoms with van der Waals surface area (Å²) in [6.45, 7) is 0. The topological polar surface area (TPSA) is 109 Å². The molecule has 0 unspecified atom stereocenters. The molecule has 0 fully saturated rings. The van der Waals surface area contributed by atoms with Crippen molar-refractivity contribution in [3.05, 3.63) is 145 Å². The predicted octanol–water partition coefficient (Wildman–Crippen LogP) is 9.54. The fourth-order valence-corrected chi connectivity index (χ4v) is 6.33. The van der Waals surface area contributed by atoms with Crippen molar-refractivity contribution in [1.29, 1.82) is 0 Å². The summed E-state index contributed by atoms with van der Waals surface area (Å²) in [5.41, 5.74) is 13.4. The third-order valence-electron chi connectivity index (χ3n) is 8.44. The van der Waals surface area contributed by atoms with Crippen LogP contribution in [0.4, 0.5) is 0 Å². The normalized spacial score (nSPS) is 11.8. The fraction of sp³-hybridized carbons (Fsp3) is 0.0244. The molecule has 0 spiro atoms. The first-order valence-electron chi connectivity index (χ1n) is 15.6. The molecule has 0 saturated heterocycles. The molecule has 2 aliphatic heterocycles. The van der Waals surface area contributed by atoms with E-state index in [2.05, 4.69) is 34.2 Å². The van der Waals surface area contributed by atoms with E-state index >= 15 is 0 Å². The summed E-state index contributed by atoms with van der Waals surface area (Å²) in [4.78, 5) is 36.9. The lowest BCUT2D eigenvalue weighted by molar-refractivity contribution is 1.26. The number of fused-ring (bicyclic) bond motifs is 8. The molecule has 0 radical (unpaired) electrons. The van der Waals surface area contributed by atoms with E-state index in [-0.39, 0.29) is 7.43 Å². The van der Waals surface area contributed by atoms with E-state index in [4.69, 9.17) is 29.9 Å². The lowest BCUT2D eigenvalue weighted by atomic mass is 10.1. The molecule has 234 valence electrons. The van der Waals surface area contributed by atoms with E-state index < -0.39 is 0 Å². The Bertz CT molecular complexity index is 2190. The molecule has 8 bridgehead atoms. The maximum atomic E-state index is 5.24. The summed E-state index contributed by atoms with van der Waals surface area (Å²) in [5, 5.41) is 0. The van der Waals surface area contributed by atoms with Crippen LogP contribution in [0.1, 0.15) is 30.2 Å². The van der Waals surface area contributed by atoms with Crippen molar-refractivity contribution in [2.24, 2.45) is 0 Å². The van der Waals surface area contributed by atoms with Gasteiger partial charge in [-0.2, -0.15) is 0 Å². The van der Waals surface area contributed by atoms with Crippen LogP contribution >= 0.6 is 0 Å². The van der Waals surface area contributed by atoms with E-state index in [0.29, 0.717) is 0 Å². The Morgan fingerprint density at radius 1 is 0.327 bits per heavy atom. The quantitative estimate of drug-likeness (QED) is 0.200. The van der Waals surface area contributed by atoms with Crippen LogP contribution in [0.3, 0.4) is 0 Å². The highest BCUT2D eigenvalue weighted by atomic mass is 14.8. The van der Waals surface area contributed by atoms with Gasteiger partial charge in [0.15, 0.2) is 0 Å². The van der Waals surface area contributed by atoms with E-state index in [9.17, 15) is 0 Å². The number of pyridine rings is 4. The molecule has 0 saturated carbocycles. The molecule has 0 amide bonds. The van der Waals surface area contributed by atoms with Gasteiger partial charge in [0.1, 0.15) is 0 Å². The molecule has 2 N–H and O–H groups in total. The second-order valence-corrected chi connectivity index (χ2v) is 11.4. The molecule has 9 heterocycles. The van der Waals surface area contributed by atoms with Crippen molar-refractivity contribution in [2.75, 3.05) is 0 Å². The van der Waals surface area contributed by atoms with Crippen molar-refractivity contribution in [1.82, 2.24) is 39.9 Å². The molecule has 8 nitrogen and oxygen atoms in total. The zero-order chi connectivity index (χ0) is 31.9. The minimum absolute atomic E-state index is 0. The van der Waals surface area contributed by atoms with Gasteiger partial charge in [-0.15, -0.1) is 0 Å². The Morgan fingerprint density at radius 3 is 0.816 bits per heavy atom. The smallest absolute Gasteiger partial charge is 0.0753 e. The van der Waals surface area contributed by atoms with Gasteiger partial charge in [-0.25, -0.2) is 9.97 Å². The van der Waals surface area contributed by atoms with E-state index in [1.54, 1.807) is 24.8 Å². The van der Waals surface area contributed by atoms with Crippen molar-refractivity contribution < 1.29 is 0 Å². The molecule has 7 aromatic heterocycles. The van der Waals surface area contributed by atoms with Crippen LogP contribution < -0.4 is 0 Å². The van der Waals surface area contributed by atoms with Gasteiger partial charge in [0, 0.05) is 47.0 Å². The lowest BCUT2D eigenvalue weighted by Gasteiger charge is -2.05. The molecule has 0 atom stereocenters. The van der Waals surface area contributed by atoms with Gasteiger partial charge in [0.25, 0.3) is 0 Å². The number of aromatic amines is 2. The summed E-state index contributed by atoms with van der Waals surface area (Å²) in [6, 6.07) is 32.0. The number of nitrogens with zero attached hydrogens (tertiary/aromatic N) is 6. The van der Waals surface area contributed by atoms with Gasteiger partial charge >= 0.3 is 0 Å². The Morgan fingerprint density at radius 2 is 0.592 bits per heavy atom. The third-order valence-corrected chi connectivity index (χ3v) is 8.44. The standard InChI is InChI=1S/C40H26N8.CH4/c1-5-21-41-25(9-1)37-29-13-15-31(45-29)38(26-10-2-6-22-42-26)33-17-19-35(47-33)40(28-12-4-8-24-44-28)36-20-18-34(48-36)39(27-11-3-7-23-43-27)32-16-14-30(37)46-32;/h1-24,45,48H;1H4. The van der Waals surface area contributed by atoms with Crippen molar-refractivity contribution >= 4 is 46.4 Å². The van der Waals surface area contributed by atoms with Crippen LogP contribution in [0.15, 0.2) is 122 Å². The van der Waals surface area contributed by atoms with Crippen molar-refractivity contribution in [3.63, 3.8) is 0 Å². The first-order valence-corrected chi connectivity index (χ1v) is 15.6. The highest BCUT2D eigenvalue weighted by Crippen LogP contribution is 2.36. The lowest BCUT2D eigenvalue weighted by Crippen LogP contribution is -1.92. The Kier molecular flexibility index (Phi) is 7.50. The summed E-state index contributed by atoms with van der Waals surface area (Å²) < 4.78 is 0. The van der Waals surface area contributed by atoms with E-state index in [1.807, 2.05) is 97.1 Å². The first kappa shape index (κ1) is 29.6. The first-order chi connectivity index (χ1) is 23.8. The van der Waals surface area contributed by atoms with Crippen molar-refractivity contribution in [2.45, 2.75) is 7.43 Å². The molecule has 9 rings (SSSR count). The number of hydrogen-bond acceptors (Lipinski definition) is 6. The minimum Gasteiger partial charge on any atom is -0.354 e. The number of nitrogens with one attached hydrogen (secondary N) is 2. The largest absolute Gasteiger partial charge is 0.354 e. The van der Waals surface area contributed by atoms with Crippen LogP contribution in [0.25, 0.3) is 91.4 Å². The van der Waals surface area contributed by atoms with Gasteiger partial charge in [-0.1, -0.05) is 31.7 Å². The summed E-state index contributed by atoms with van der Waals surface area (Å²) in [6.07, 6.45) is 15.4. The van der Waals surface area contributed by atoms with Crippen LogP contribution in [-0.4, -0.2) is 39.9 Å². The van der Waals surface area contributed by atoms with Gasteiger partial charge in [-0.05, 0) is 97.1 Å². The molecule has 8 heteroatoms. The number of aromatic nitrogens is 8. The Balaban J connectivity index is 0.00000348. The molecule has 7 aromatic rings. The average molecular weight is 635 g/mol. The fourth-order valence-electron chi connectivity index (χ4n) is 6.33. The van der Waals surface area contributed by atoms with Crippen LogP contribution in [0.2, 0.25) is 0 Å². The zero-order valence-electron chi connectivity index (χ0n) is 25.5. The highest BCUT2D eigenvalue weighted by Gasteiger charge is 2.19. The Labute approximate surface area is 282 Å². The van der Waals surface area contributed by atoms with Crippen LogP contribution in [-0.2, 0) is 0 Å². The minimum atomic E-state index is 0. The molecular weight excluding hydrogens is 605 g/mol. The number of hydrogen-bond donors (Lipinski definition) is 2. The second-order valence-electron chi connectivity index (χ2n) is 11.4. The predicted molar refractivity (Wildman–Crippen MR) is 199 cm³/mol. The van der Waals surface area contributed by atoms with Crippen LogP contribution in [0, 0.1) is 0 Å². The van der Waals surface area contributed by atoms with Gasteiger partial charge in [0.2, 0.25) is 0 Å². The summed E-state index contributed by atoms with van der Waals surface area (Å²) in [5.74, 6) is 0. The van der Waals surface area contributed by atoms with E-state index in [1.165, 1.54) is 0 Å². The molecule has 0 aromatic carbocycles. The number of H-pyrrole nitrogens is 2. The summed E-state index contributed by atoms with van der Waals surface area (Å²) >= 11 is 0. The van der Waals surface area contributed by atoms with Gasteiger partial charge in [-0.3, -0.25) is 19.9 Å². The highest BCUT2D eigenvalue weighted by molar-refractivity contribution is 5.98. The van der Waals surface area contributed by atoms with Gasteiger partial charge in [0.05, 0.1) is 67.6 Å². The molecule has 0 aliphatic carbocycles. The van der Waals surface area contributed by atoms with Gasteiger partial charge < -0.3 is 9.97 Å². The average Bonchev–Trinajstić information content (AvgIpc) is 3.98. The maximum absolute atomic E-state index is 5.24. The second kappa shape index (κ2) is 12.4. The Hall–Kier alpha value is -6.80. The molecule has 49 heavy (non-hydrogen) atoms. The molecular formula is C41H30N8. The van der Waals surface area contributed by atoms with Crippen LogP contribution in [0.5, 0.6) is 0 Å². The van der Waals surface area contributed by atoms with E-state index in [0.717, 1.165) is 89.9 Å². The third kappa shape index (κ3) is 5.31. The maximum Gasteiger partial charge on any atom is 0.0753 e. The van der Waals surface area contributed by atoms with Crippen molar-refractivity contribution in [3.8, 4) is 45.0 Å².